The summed E-state index contributed by atoms with van der Waals surface area (Å²) in [5.74, 6) is 2.70. The van der Waals surface area contributed by atoms with Gasteiger partial charge in [-0.3, -0.25) is 0 Å². The average molecular weight is 412 g/mol. The molecule has 0 heterocycles. The number of ether oxygens (including phenoxy) is 3. The molecule has 0 aromatic heterocycles. The van der Waals surface area contributed by atoms with Gasteiger partial charge in [-0.2, -0.15) is 0 Å². The third kappa shape index (κ3) is 8.19. The maximum atomic E-state index is 6.02. The second-order valence-electron chi connectivity index (χ2n) is 6.99. The Hall–Kier alpha value is -2.95. The van der Waals surface area contributed by atoms with Crippen LogP contribution in [0.4, 0.5) is 0 Å². The summed E-state index contributed by atoms with van der Waals surface area (Å²) in [5.41, 5.74) is 3.36. The fourth-order valence-electron chi connectivity index (χ4n) is 2.97. The quantitative estimate of drug-likeness (QED) is 0.184. The molecule has 0 radical (unpaired) electrons. The lowest BCUT2D eigenvalue weighted by Gasteiger charge is -2.14. The molecule has 0 aliphatic carbocycles. The Morgan fingerprint density at radius 3 is 2.17 bits per heavy atom. The van der Waals surface area contributed by atoms with E-state index in [2.05, 4.69) is 23.8 Å². The maximum Gasteiger partial charge on any atom is 0.125 e. The summed E-state index contributed by atoms with van der Waals surface area (Å²) in [7, 11) is 1.54. The van der Waals surface area contributed by atoms with Gasteiger partial charge in [-0.25, -0.2) is 0 Å². The van der Waals surface area contributed by atoms with Gasteiger partial charge in [-0.05, 0) is 74.6 Å². The zero-order valence-electron chi connectivity index (χ0n) is 18.5. The van der Waals surface area contributed by atoms with E-state index < -0.39 is 0 Å². The molecule has 162 valence electrons. The van der Waals surface area contributed by atoms with Crippen molar-refractivity contribution >= 4 is 6.21 Å². The van der Waals surface area contributed by atoms with E-state index in [0.29, 0.717) is 19.8 Å². The van der Waals surface area contributed by atoms with Crippen molar-refractivity contribution in [2.75, 3.05) is 26.9 Å². The fourth-order valence-corrected chi connectivity index (χ4v) is 2.97. The highest BCUT2D eigenvalue weighted by Crippen LogP contribution is 2.28. The third-order valence-electron chi connectivity index (χ3n) is 4.50. The summed E-state index contributed by atoms with van der Waals surface area (Å²) in [6.45, 7) is 8.02. The molecule has 0 amide bonds. The van der Waals surface area contributed by atoms with Crippen LogP contribution in [0, 0.1) is 13.8 Å². The van der Waals surface area contributed by atoms with E-state index >= 15 is 0 Å². The van der Waals surface area contributed by atoms with Gasteiger partial charge in [-0.1, -0.05) is 29.4 Å². The normalized spacial score (nSPS) is 11.2. The van der Waals surface area contributed by atoms with Gasteiger partial charge < -0.3 is 19.0 Å². The number of allylic oxidation sites excluding steroid dienone is 1. The van der Waals surface area contributed by atoms with Crippen molar-refractivity contribution in [3.8, 4) is 17.2 Å². The van der Waals surface area contributed by atoms with Crippen LogP contribution in [0.2, 0.25) is 0 Å². The number of unbranched alkanes of at least 4 members (excludes halogenated alkanes) is 1. The lowest BCUT2D eigenvalue weighted by Crippen LogP contribution is -2.05. The molecule has 5 nitrogen and oxygen atoms in total. The molecular weight excluding hydrogens is 378 g/mol. The SMILES string of the molecule is C/C=C/COc1cc(C)c(OCCCCOc2ccc(CC=NOC)cc2)c(C)c1. The third-order valence-corrected chi connectivity index (χ3v) is 4.50. The van der Waals surface area contributed by atoms with E-state index in [-0.39, 0.29) is 0 Å². The number of oxime groups is 1. The Morgan fingerprint density at radius 2 is 1.53 bits per heavy atom. The van der Waals surface area contributed by atoms with Gasteiger partial charge in [0.15, 0.2) is 0 Å². The number of hydrogen-bond acceptors (Lipinski definition) is 5. The van der Waals surface area contributed by atoms with E-state index in [4.69, 9.17) is 14.2 Å². The van der Waals surface area contributed by atoms with Gasteiger partial charge in [0, 0.05) is 12.6 Å². The first kappa shape index (κ1) is 23.3. The van der Waals surface area contributed by atoms with Crippen LogP contribution in [0.15, 0.2) is 53.7 Å². The smallest absolute Gasteiger partial charge is 0.125 e. The average Bonchev–Trinajstić information content (AvgIpc) is 2.73. The topological polar surface area (TPSA) is 49.3 Å². The molecule has 0 N–H and O–H groups in total. The van der Waals surface area contributed by atoms with Crippen molar-refractivity contribution in [3.05, 3.63) is 65.2 Å². The highest BCUT2D eigenvalue weighted by atomic mass is 16.6. The van der Waals surface area contributed by atoms with Crippen molar-refractivity contribution in [3.63, 3.8) is 0 Å². The van der Waals surface area contributed by atoms with E-state index in [0.717, 1.165) is 47.6 Å². The van der Waals surface area contributed by atoms with Crippen LogP contribution >= 0.6 is 0 Å². The maximum absolute atomic E-state index is 6.02. The van der Waals surface area contributed by atoms with Crippen LogP contribution in [0.3, 0.4) is 0 Å². The Morgan fingerprint density at radius 1 is 0.867 bits per heavy atom. The fraction of sp³-hybridized carbons (Fsp3) is 0.400. The minimum absolute atomic E-state index is 0.584. The summed E-state index contributed by atoms with van der Waals surface area (Å²) in [4.78, 5) is 4.66. The zero-order chi connectivity index (χ0) is 21.6. The second-order valence-corrected chi connectivity index (χ2v) is 6.99. The minimum Gasteiger partial charge on any atom is -0.494 e. The minimum atomic E-state index is 0.584. The van der Waals surface area contributed by atoms with E-state index in [1.54, 1.807) is 13.3 Å². The van der Waals surface area contributed by atoms with Gasteiger partial charge in [0.1, 0.15) is 31.0 Å². The van der Waals surface area contributed by atoms with Crippen LogP contribution in [-0.2, 0) is 11.3 Å². The van der Waals surface area contributed by atoms with Crippen molar-refractivity contribution in [2.24, 2.45) is 5.16 Å². The Labute approximate surface area is 180 Å². The first-order valence-electron chi connectivity index (χ1n) is 10.4. The molecule has 0 aliphatic rings. The van der Waals surface area contributed by atoms with Crippen LogP contribution in [0.1, 0.15) is 36.5 Å². The van der Waals surface area contributed by atoms with E-state index in [9.17, 15) is 0 Å². The van der Waals surface area contributed by atoms with Gasteiger partial charge in [0.25, 0.3) is 0 Å². The molecule has 5 heteroatoms. The van der Waals surface area contributed by atoms with Gasteiger partial charge in [-0.15, -0.1) is 0 Å². The van der Waals surface area contributed by atoms with Crippen molar-refractivity contribution < 1.29 is 19.0 Å². The summed E-state index contributed by atoms with van der Waals surface area (Å²) in [6, 6.07) is 12.1. The molecular formula is C25H33NO4. The molecule has 0 fully saturated rings. The molecule has 0 unspecified atom stereocenters. The highest BCUT2D eigenvalue weighted by Gasteiger charge is 2.07. The summed E-state index contributed by atoms with van der Waals surface area (Å²) in [5, 5.41) is 3.74. The predicted octanol–water partition coefficient (Wildman–Crippen LogP) is 5.67. The van der Waals surface area contributed by atoms with Crippen LogP contribution in [0.25, 0.3) is 0 Å². The molecule has 2 aromatic rings. The van der Waals surface area contributed by atoms with Gasteiger partial charge in [0.05, 0.1) is 13.2 Å². The Bertz CT molecular complexity index is 789. The molecule has 0 aliphatic heterocycles. The number of benzene rings is 2. The number of nitrogens with zero attached hydrogens (tertiary/aromatic N) is 1. The van der Waals surface area contributed by atoms with Gasteiger partial charge in [0.2, 0.25) is 0 Å². The zero-order valence-corrected chi connectivity index (χ0v) is 18.5. The lowest BCUT2D eigenvalue weighted by molar-refractivity contribution is 0.215. The summed E-state index contributed by atoms with van der Waals surface area (Å²) >= 11 is 0. The van der Waals surface area contributed by atoms with Crippen molar-refractivity contribution in [2.45, 2.75) is 40.0 Å². The van der Waals surface area contributed by atoms with Crippen LogP contribution in [-0.4, -0.2) is 33.1 Å². The molecule has 0 spiro atoms. The van der Waals surface area contributed by atoms with E-state index in [1.807, 2.05) is 55.5 Å². The summed E-state index contributed by atoms with van der Waals surface area (Å²) in [6.07, 6.45) is 8.32. The molecule has 0 saturated carbocycles. The molecule has 0 bridgehead atoms. The Balaban J connectivity index is 1.68. The molecule has 0 saturated heterocycles. The molecule has 0 atom stereocenters. The van der Waals surface area contributed by atoms with Crippen LogP contribution < -0.4 is 14.2 Å². The number of aryl methyl sites for hydroxylation is 2. The second kappa shape index (κ2) is 13.3. The lowest BCUT2D eigenvalue weighted by atomic mass is 10.1. The van der Waals surface area contributed by atoms with Crippen molar-refractivity contribution in [1.82, 2.24) is 0 Å². The number of rotatable bonds is 13. The largest absolute Gasteiger partial charge is 0.494 e. The van der Waals surface area contributed by atoms with E-state index in [1.165, 1.54) is 5.56 Å². The van der Waals surface area contributed by atoms with Crippen molar-refractivity contribution in [1.29, 1.82) is 0 Å². The van der Waals surface area contributed by atoms with Gasteiger partial charge >= 0.3 is 0 Å². The Kier molecular flexibility index (Phi) is 10.3. The molecule has 30 heavy (non-hydrogen) atoms. The molecule has 2 rings (SSSR count). The number of hydrogen-bond donors (Lipinski definition) is 0. The highest BCUT2D eigenvalue weighted by molar-refractivity contribution is 5.60. The van der Waals surface area contributed by atoms with Crippen LogP contribution in [0.5, 0.6) is 17.2 Å². The first-order valence-corrected chi connectivity index (χ1v) is 10.4. The first-order chi connectivity index (χ1) is 14.6. The monoisotopic (exact) mass is 411 g/mol. The standard InChI is InChI=1S/C25H33NO4/c1-5-6-15-29-24-18-20(2)25(21(3)19-24)30-17-8-7-16-28-23-11-9-22(10-12-23)13-14-26-27-4/h5-6,9-12,14,18-19H,7-8,13,15-17H2,1-4H3/b6-5+,26-14?. The molecule has 2 aromatic carbocycles. The predicted molar refractivity (Wildman–Crippen MR) is 122 cm³/mol. The summed E-state index contributed by atoms with van der Waals surface area (Å²) < 4.78 is 17.6.